The van der Waals surface area contributed by atoms with Crippen molar-refractivity contribution in [1.29, 1.82) is 0 Å². The molecule has 0 aliphatic carbocycles. The number of hydrogen-bond acceptors (Lipinski definition) is 3. The summed E-state index contributed by atoms with van der Waals surface area (Å²) in [6, 6.07) is 7.60. The molecule has 1 amide bonds. The van der Waals surface area contributed by atoms with Crippen LogP contribution in [-0.2, 0) is 6.54 Å². The monoisotopic (exact) mass is 244 g/mol. The first-order valence-electron chi connectivity index (χ1n) is 5.81. The highest BCUT2D eigenvalue weighted by molar-refractivity contribution is 6.06. The van der Waals surface area contributed by atoms with Gasteiger partial charge in [-0.3, -0.25) is 9.48 Å². The normalized spacial score (nSPS) is 10.3. The number of anilines is 2. The van der Waals surface area contributed by atoms with E-state index in [4.69, 9.17) is 5.73 Å². The first-order valence-corrected chi connectivity index (χ1v) is 5.81. The molecule has 2 rings (SSSR count). The summed E-state index contributed by atoms with van der Waals surface area (Å²) in [5.41, 5.74) is 8.43. The van der Waals surface area contributed by atoms with Gasteiger partial charge in [0.25, 0.3) is 5.91 Å². The number of aromatic nitrogens is 2. The Kier molecular flexibility index (Phi) is 3.32. The van der Waals surface area contributed by atoms with Gasteiger partial charge in [-0.05, 0) is 26.0 Å². The summed E-state index contributed by atoms with van der Waals surface area (Å²) in [6.07, 6.45) is 1.49. The van der Waals surface area contributed by atoms with Crippen LogP contribution in [0.25, 0.3) is 0 Å². The molecule has 0 fully saturated rings. The lowest BCUT2D eigenvalue weighted by Crippen LogP contribution is -2.18. The molecule has 0 spiro atoms. The van der Waals surface area contributed by atoms with Crippen LogP contribution >= 0.6 is 0 Å². The van der Waals surface area contributed by atoms with Gasteiger partial charge in [0, 0.05) is 12.2 Å². The van der Waals surface area contributed by atoms with Crippen molar-refractivity contribution in [3.8, 4) is 0 Å². The molecular formula is C13H16N4O. The van der Waals surface area contributed by atoms with Gasteiger partial charge in [0.05, 0.1) is 11.9 Å². The quantitative estimate of drug-likeness (QED) is 0.867. The second-order valence-corrected chi connectivity index (χ2v) is 4.08. The fourth-order valence-electron chi connectivity index (χ4n) is 1.72. The highest BCUT2D eigenvalue weighted by atomic mass is 16.2. The molecule has 5 heteroatoms. The summed E-state index contributed by atoms with van der Waals surface area (Å²) in [5, 5.41) is 6.85. The number of hydrogen-bond donors (Lipinski definition) is 2. The molecule has 3 N–H and O–H groups in total. The van der Waals surface area contributed by atoms with Crippen molar-refractivity contribution < 1.29 is 4.79 Å². The van der Waals surface area contributed by atoms with Crippen molar-refractivity contribution in [3.63, 3.8) is 0 Å². The molecule has 1 heterocycles. The Bertz CT molecular complexity index is 557. The van der Waals surface area contributed by atoms with Gasteiger partial charge in [-0.25, -0.2) is 0 Å². The molecule has 0 saturated carbocycles. The van der Waals surface area contributed by atoms with Gasteiger partial charge in [0.2, 0.25) is 0 Å². The van der Waals surface area contributed by atoms with Crippen molar-refractivity contribution in [2.75, 3.05) is 11.1 Å². The Hall–Kier alpha value is -2.30. The fraction of sp³-hybridized carbons (Fsp3) is 0.231. The zero-order chi connectivity index (χ0) is 13.1. The molecule has 2 aromatic rings. The smallest absolute Gasteiger partial charge is 0.276 e. The molecule has 1 aromatic heterocycles. The Balaban J connectivity index is 2.21. The van der Waals surface area contributed by atoms with Crippen LogP contribution < -0.4 is 11.1 Å². The van der Waals surface area contributed by atoms with Crippen LogP contribution in [-0.4, -0.2) is 15.7 Å². The minimum absolute atomic E-state index is 0.240. The molecule has 0 aliphatic rings. The maximum atomic E-state index is 12.1. The van der Waals surface area contributed by atoms with Crippen LogP contribution in [0.5, 0.6) is 0 Å². The predicted molar refractivity (Wildman–Crippen MR) is 71.4 cm³/mol. The number of carbonyl (C=O) groups is 1. The minimum Gasteiger partial charge on any atom is -0.396 e. The van der Waals surface area contributed by atoms with Gasteiger partial charge in [0.15, 0.2) is 0 Å². The summed E-state index contributed by atoms with van der Waals surface area (Å²) < 4.78 is 1.58. The number of nitrogen functional groups attached to an aromatic ring is 1. The molecule has 0 saturated heterocycles. The van der Waals surface area contributed by atoms with Crippen LogP contribution in [0.15, 0.2) is 30.5 Å². The third kappa shape index (κ3) is 2.34. The molecule has 94 valence electrons. The third-order valence-electron chi connectivity index (χ3n) is 2.69. The van der Waals surface area contributed by atoms with E-state index in [-0.39, 0.29) is 5.91 Å². The Labute approximate surface area is 106 Å². The molecule has 0 radical (unpaired) electrons. The van der Waals surface area contributed by atoms with Gasteiger partial charge >= 0.3 is 0 Å². The van der Waals surface area contributed by atoms with Crippen molar-refractivity contribution >= 4 is 17.3 Å². The van der Waals surface area contributed by atoms with Crippen molar-refractivity contribution in [3.05, 3.63) is 41.7 Å². The van der Waals surface area contributed by atoms with Crippen molar-refractivity contribution in [2.45, 2.75) is 20.4 Å². The summed E-state index contributed by atoms with van der Waals surface area (Å²) in [6.45, 7) is 4.51. The van der Waals surface area contributed by atoms with E-state index in [9.17, 15) is 4.79 Å². The number of nitrogens with two attached hydrogens (primary N) is 1. The van der Waals surface area contributed by atoms with Gasteiger partial charge in [-0.1, -0.05) is 17.7 Å². The lowest BCUT2D eigenvalue weighted by Gasteiger charge is -2.07. The second kappa shape index (κ2) is 4.91. The summed E-state index contributed by atoms with van der Waals surface area (Å²) in [7, 11) is 0. The van der Waals surface area contributed by atoms with E-state index >= 15 is 0 Å². The summed E-state index contributed by atoms with van der Waals surface area (Å²) >= 11 is 0. The maximum Gasteiger partial charge on any atom is 0.276 e. The number of carbonyl (C=O) groups excluding carboxylic acids is 1. The van der Waals surface area contributed by atoms with Crippen LogP contribution in [0.3, 0.4) is 0 Å². The Morgan fingerprint density at radius 2 is 2.06 bits per heavy atom. The maximum absolute atomic E-state index is 12.1. The molecule has 1 aromatic carbocycles. The van der Waals surface area contributed by atoms with Crippen LogP contribution in [0.2, 0.25) is 0 Å². The largest absolute Gasteiger partial charge is 0.396 e. The Morgan fingerprint density at radius 1 is 1.39 bits per heavy atom. The molecule has 18 heavy (non-hydrogen) atoms. The standard InChI is InChI=1S/C13H16N4O/c1-3-17-12(11(14)8-15-17)13(18)16-10-6-4-9(2)5-7-10/h4-8H,3,14H2,1-2H3,(H,16,18). The molecule has 5 nitrogen and oxygen atoms in total. The highest BCUT2D eigenvalue weighted by Crippen LogP contribution is 2.15. The Morgan fingerprint density at radius 3 is 2.67 bits per heavy atom. The second-order valence-electron chi connectivity index (χ2n) is 4.08. The van der Waals surface area contributed by atoms with E-state index in [0.29, 0.717) is 17.9 Å². The number of aryl methyl sites for hydroxylation is 2. The SMILES string of the molecule is CCn1ncc(N)c1C(=O)Nc1ccc(C)cc1. The molecule has 0 atom stereocenters. The number of benzene rings is 1. The van der Waals surface area contributed by atoms with E-state index in [1.165, 1.54) is 6.20 Å². The van der Waals surface area contributed by atoms with E-state index in [1.807, 2.05) is 38.1 Å². The van der Waals surface area contributed by atoms with Gasteiger partial charge in [0.1, 0.15) is 5.69 Å². The first kappa shape index (κ1) is 12.2. The zero-order valence-electron chi connectivity index (χ0n) is 10.5. The molecule has 0 unspecified atom stereocenters. The topological polar surface area (TPSA) is 72.9 Å². The van der Waals surface area contributed by atoms with Crippen LogP contribution in [0.4, 0.5) is 11.4 Å². The van der Waals surface area contributed by atoms with Crippen LogP contribution in [0, 0.1) is 6.92 Å². The average molecular weight is 244 g/mol. The predicted octanol–water partition coefficient (Wildman–Crippen LogP) is 2.05. The minimum atomic E-state index is -0.240. The molecular weight excluding hydrogens is 228 g/mol. The van der Waals surface area contributed by atoms with E-state index < -0.39 is 0 Å². The van der Waals surface area contributed by atoms with Gasteiger partial charge in [-0.2, -0.15) is 5.10 Å². The lowest BCUT2D eigenvalue weighted by molar-refractivity contribution is 0.101. The summed E-state index contributed by atoms with van der Waals surface area (Å²) in [5.74, 6) is -0.240. The number of nitrogens with one attached hydrogen (secondary N) is 1. The molecule has 0 bridgehead atoms. The van der Waals surface area contributed by atoms with Gasteiger partial charge < -0.3 is 11.1 Å². The van der Waals surface area contributed by atoms with E-state index in [2.05, 4.69) is 10.4 Å². The molecule has 0 aliphatic heterocycles. The zero-order valence-corrected chi connectivity index (χ0v) is 10.5. The van der Waals surface area contributed by atoms with Gasteiger partial charge in [-0.15, -0.1) is 0 Å². The number of rotatable bonds is 3. The first-order chi connectivity index (χ1) is 8.61. The van der Waals surface area contributed by atoms with E-state index in [0.717, 1.165) is 11.3 Å². The third-order valence-corrected chi connectivity index (χ3v) is 2.69. The number of amides is 1. The fourth-order valence-corrected chi connectivity index (χ4v) is 1.72. The van der Waals surface area contributed by atoms with Crippen LogP contribution in [0.1, 0.15) is 23.0 Å². The average Bonchev–Trinajstić information content (AvgIpc) is 2.73. The summed E-state index contributed by atoms with van der Waals surface area (Å²) in [4.78, 5) is 12.1. The number of nitrogens with zero attached hydrogens (tertiary/aromatic N) is 2. The van der Waals surface area contributed by atoms with Crippen molar-refractivity contribution in [1.82, 2.24) is 9.78 Å². The lowest BCUT2D eigenvalue weighted by atomic mass is 10.2. The van der Waals surface area contributed by atoms with Crippen molar-refractivity contribution in [2.24, 2.45) is 0 Å². The highest BCUT2D eigenvalue weighted by Gasteiger charge is 2.15. The van der Waals surface area contributed by atoms with E-state index in [1.54, 1.807) is 4.68 Å².